The lowest BCUT2D eigenvalue weighted by atomic mass is 9.79. The molecule has 4 amide bonds. The van der Waals surface area contributed by atoms with Gasteiger partial charge in [0.1, 0.15) is 24.7 Å². The molecular weight excluding hydrogens is 1070 g/mol. The van der Waals surface area contributed by atoms with E-state index in [1.165, 1.54) is 60.4 Å². The molecule has 3 heterocycles. The molecule has 19 heteroatoms. The highest BCUT2D eigenvalue weighted by Gasteiger charge is 2.46. The second-order valence-electron chi connectivity index (χ2n) is 23.3. The van der Waals surface area contributed by atoms with Crippen LogP contribution >= 0.6 is 11.6 Å². The van der Waals surface area contributed by atoms with Crippen LogP contribution in [0.2, 0.25) is 0 Å². The van der Waals surface area contributed by atoms with Crippen LogP contribution in [0.1, 0.15) is 123 Å². The van der Waals surface area contributed by atoms with Crippen LogP contribution < -0.4 is 48.7 Å². The molecule has 0 spiro atoms. The van der Waals surface area contributed by atoms with E-state index in [9.17, 15) is 24.0 Å². The van der Waals surface area contributed by atoms with Crippen molar-refractivity contribution >= 4 is 91.6 Å². The van der Waals surface area contributed by atoms with Crippen molar-refractivity contribution in [1.82, 2.24) is 31.5 Å². The lowest BCUT2D eigenvalue weighted by molar-refractivity contribution is -0.438. The first-order valence-electron chi connectivity index (χ1n) is 29.4. The van der Waals surface area contributed by atoms with Crippen molar-refractivity contribution in [2.45, 2.75) is 153 Å². The SMILES string of the molecule is CC1C[C@H](NC(=O)[C@H](CCCNC(=N)N)NC(=O)[C@H](CCCCN)NC(=O)CCCCC[N+]2=C(/C=C/C=C/C=C3/N(C)c4ccc5ccccc5c4C3(C)C)C(C)(C)c3c2ccc2ccccc32)C(=O)N1[C@@H](CCCNC(=N)N)C(=O)CCl. The minimum Gasteiger partial charge on any atom is -0.370 e. The fourth-order valence-electron chi connectivity index (χ4n) is 12.5. The number of unbranched alkanes of at least 4 members (excludes halogenated alkanes) is 3. The Morgan fingerprint density at radius 2 is 1.37 bits per heavy atom. The first-order chi connectivity index (χ1) is 39.7. The van der Waals surface area contributed by atoms with Crippen molar-refractivity contribution in [2.24, 2.45) is 17.2 Å². The van der Waals surface area contributed by atoms with Gasteiger partial charge in [-0.05, 0) is 137 Å². The number of likely N-dealkylation sites (N-methyl/N-ethyl adjacent to an activating group) is 1. The lowest BCUT2D eigenvalue weighted by Crippen LogP contribution is -2.56. The Bertz CT molecular complexity index is 3180. The minimum atomic E-state index is -1.12. The van der Waals surface area contributed by atoms with Crippen molar-refractivity contribution in [3.8, 4) is 0 Å². The maximum atomic E-state index is 14.2. The van der Waals surface area contributed by atoms with Gasteiger partial charge in [0.2, 0.25) is 29.3 Å². The predicted octanol–water partition coefficient (Wildman–Crippen LogP) is 7.26. The topological polar surface area (TPSA) is 281 Å². The number of nitrogens with two attached hydrogens (primary N) is 3. The summed E-state index contributed by atoms with van der Waals surface area (Å²) in [6.07, 6.45) is 16.0. The summed E-state index contributed by atoms with van der Waals surface area (Å²) in [5.41, 5.74) is 23.7. The number of alkyl halides is 1. The molecule has 4 aromatic rings. The molecule has 0 aliphatic carbocycles. The number of nitrogens with one attached hydrogen (secondary N) is 7. The van der Waals surface area contributed by atoms with E-state index in [1.54, 1.807) is 6.92 Å². The third kappa shape index (κ3) is 15.0. The Morgan fingerprint density at radius 3 is 2.04 bits per heavy atom. The van der Waals surface area contributed by atoms with Gasteiger partial charge in [-0.2, -0.15) is 4.58 Å². The maximum absolute atomic E-state index is 14.2. The van der Waals surface area contributed by atoms with Gasteiger partial charge in [0, 0.05) is 73.5 Å². The molecular formula is C64H87ClN13O5+. The highest BCUT2D eigenvalue weighted by atomic mass is 35.5. The van der Waals surface area contributed by atoms with E-state index in [2.05, 4.69) is 174 Å². The molecule has 0 aromatic heterocycles. The number of nitrogens with zero attached hydrogens (tertiary/aromatic N) is 3. The van der Waals surface area contributed by atoms with Crippen molar-refractivity contribution < 1.29 is 28.5 Å². The molecule has 0 radical (unpaired) electrons. The van der Waals surface area contributed by atoms with Crippen LogP contribution in [0, 0.1) is 10.8 Å². The average molecular weight is 1150 g/mol. The smallest absolute Gasteiger partial charge is 0.246 e. The summed E-state index contributed by atoms with van der Waals surface area (Å²) in [5.74, 6) is -2.98. The van der Waals surface area contributed by atoms with Crippen LogP contribution in [0.4, 0.5) is 11.4 Å². The van der Waals surface area contributed by atoms with E-state index < -0.39 is 47.9 Å². The van der Waals surface area contributed by atoms with E-state index in [4.69, 9.17) is 39.6 Å². The van der Waals surface area contributed by atoms with Gasteiger partial charge < -0.3 is 53.6 Å². The molecule has 5 atom stereocenters. The fraction of sp³-hybridized carbons (Fsp3) is 0.469. The number of halogens is 1. The zero-order valence-corrected chi connectivity index (χ0v) is 50.0. The van der Waals surface area contributed by atoms with Gasteiger partial charge in [0.15, 0.2) is 23.4 Å². The van der Waals surface area contributed by atoms with Crippen LogP contribution in [0.5, 0.6) is 0 Å². The Balaban J connectivity index is 1.00. The Kier molecular flexibility index (Phi) is 21.7. The molecule has 3 aliphatic rings. The van der Waals surface area contributed by atoms with Gasteiger partial charge in [0.05, 0.1) is 17.3 Å². The van der Waals surface area contributed by atoms with Crippen LogP contribution in [-0.4, -0.2) is 126 Å². The molecule has 7 rings (SSSR count). The summed E-state index contributed by atoms with van der Waals surface area (Å²) in [6.45, 7) is 12.7. The van der Waals surface area contributed by atoms with Gasteiger partial charge in [0.25, 0.3) is 0 Å². The average Bonchev–Trinajstić information content (AvgIpc) is 1.93. The van der Waals surface area contributed by atoms with Crippen molar-refractivity contribution in [2.75, 3.05) is 44.0 Å². The molecule has 4 aromatic carbocycles. The first-order valence-corrected chi connectivity index (χ1v) is 29.9. The lowest BCUT2D eigenvalue weighted by Gasteiger charge is -2.30. The summed E-state index contributed by atoms with van der Waals surface area (Å²) in [5, 5.41) is 34.0. The van der Waals surface area contributed by atoms with E-state index in [1.807, 2.05) is 0 Å². The third-order valence-electron chi connectivity index (χ3n) is 16.6. The highest BCUT2D eigenvalue weighted by Crippen LogP contribution is 2.50. The van der Waals surface area contributed by atoms with Gasteiger partial charge in [-0.15, -0.1) is 11.6 Å². The van der Waals surface area contributed by atoms with Crippen molar-refractivity contribution in [3.05, 3.63) is 120 Å². The zero-order chi connectivity index (χ0) is 60.0. The fourth-order valence-corrected chi connectivity index (χ4v) is 12.7. The van der Waals surface area contributed by atoms with Gasteiger partial charge >= 0.3 is 0 Å². The van der Waals surface area contributed by atoms with Gasteiger partial charge in [-0.3, -0.25) is 34.8 Å². The molecule has 1 fully saturated rings. The van der Waals surface area contributed by atoms with Crippen molar-refractivity contribution in [1.29, 1.82) is 10.8 Å². The monoisotopic (exact) mass is 1150 g/mol. The van der Waals surface area contributed by atoms with E-state index >= 15 is 0 Å². The number of hydrogen-bond acceptors (Lipinski definition) is 9. The Labute approximate surface area is 494 Å². The minimum absolute atomic E-state index is 0.126. The second-order valence-corrected chi connectivity index (χ2v) is 23.5. The van der Waals surface area contributed by atoms with E-state index in [-0.39, 0.29) is 72.5 Å². The number of guanidine groups is 2. The number of carbonyl (C=O) groups is 5. The van der Waals surface area contributed by atoms with Gasteiger partial charge in [-0.25, -0.2) is 0 Å². The molecule has 0 bridgehead atoms. The third-order valence-corrected chi connectivity index (χ3v) is 16.9. The standard InChI is InChI=1S/C64H86ClN13O5/c1-41-39-48(60(83)78(41)49(52(79)40-65)27-20-37-72-62(69)70)75-59(82)47(26-19-36-71-61(67)68)74-58(81)46(25-16-17-35-66)73-55(80)30-11-8-18-38-77-51-34-32-43-22-13-15-24-45(43)57(51)64(4,5)54(77)29-10-7-9-28-53-63(2,3)56-44-23-14-12-21-42(44)31-33-50(56)76(53)6/h7,9-10,12-15,21-24,28-29,31-34,41,46-49H,8,11,16-20,25-27,30,35-40,66H2,1-6H3,(H10-,67,68,69,70,71,72,73,74,75,80,81,82)/p+1/t41?,46-,47-,48-,49-/m0/s1. The molecule has 83 heavy (non-hydrogen) atoms. The number of amides is 4. The molecule has 444 valence electrons. The molecule has 13 N–H and O–H groups in total. The molecule has 18 nitrogen and oxygen atoms in total. The first kappa shape index (κ1) is 63.0. The molecule has 1 saturated heterocycles. The van der Waals surface area contributed by atoms with Crippen LogP contribution in [0.25, 0.3) is 21.5 Å². The number of benzene rings is 4. The Morgan fingerprint density at radius 1 is 0.747 bits per heavy atom. The van der Waals surface area contributed by atoms with Crippen LogP contribution in [0.3, 0.4) is 0 Å². The summed E-state index contributed by atoms with van der Waals surface area (Å²) in [4.78, 5) is 72.8. The normalized spacial score (nSPS) is 18.7. The molecule has 0 saturated carbocycles. The van der Waals surface area contributed by atoms with E-state index in [0.29, 0.717) is 51.6 Å². The quantitative estimate of drug-likeness (QED) is 0.00645. The predicted molar refractivity (Wildman–Crippen MR) is 334 cm³/mol. The number of anilines is 1. The zero-order valence-electron chi connectivity index (χ0n) is 49.2. The maximum Gasteiger partial charge on any atom is 0.246 e. The summed E-state index contributed by atoms with van der Waals surface area (Å²) >= 11 is 5.99. The number of allylic oxidation sites excluding steroid dienone is 6. The summed E-state index contributed by atoms with van der Waals surface area (Å²) < 4.78 is 2.43. The number of ketones is 1. The summed E-state index contributed by atoms with van der Waals surface area (Å²) in [6, 6.07) is 21.7. The van der Waals surface area contributed by atoms with Gasteiger partial charge in [-0.1, -0.05) is 86.7 Å². The van der Waals surface area contributed by atoms with Crippen LogP contribution in [-0.2, 0) is 34.8 Å². The highest BCUT2D eigenvalue weighted by molar-refractivity contribution is 6.28. The van der Waals surface area contributed by atoms with Crippen LogP contribution in [0.15, 0.2) is 109 Å². The number of rotatable bonds is 29. The summed E-state index contributed by atoms with van der Waals surface area (Å²) in [7, 11) is 2.15. The number of carbonyl (C=O) groups excluding carboxylic acids is 5. The second kappa shape index (κ2) is 28.6. The van der Waals surface area contributed by atoms with E-state index in [0.717, 1.165) is 19.4 Å². The number of likely N-dealkylation sites (tertiary alicyclic amines) is 1. The largest absolute Gasteiger partial charge is 0.370 e. The molecule has 3 aliphatic heterocycles. The van der Waals surface area contributed by atoms with Crippen molar-refractivity contribution in [3.63, 3.8) is 0 Å². The number of hydrogen-bond donors (Lipinski definition) is 10. The number of fused-ring (bicyclic) bond motifs is 6. The number of Topliss-reactive ketones (excluding diaryl/α,β-unsaturated/α-hetero) is 1. The molecule has 1 unspecified atom stereocenters. The Hall–Kier alpha value is -7.57.